The van der Waals surface area contributed by atoms with Gasteiger partial charge in [-0.25, -0.2) is 4.98 Å². The van der Waals surface area contributed by atoms with Gasteiger partial charge in [0.05, 0.1) is 18.8 Å². The number of carbonyl (C=O) groups excluding carboxylic acids is 1. The van der Waals surface area contributed by atoms with Gasteiger partial charge in [0.25, 0.3) is 0 Å². The van der Waals surface area contributed by atoms with Crippen molar-refractivity contribution in [2.24, 2.45) is 0 Å². The highest BCUT2D eigenvalue weighted by Crippen LogP contribution is 2.32. The Balaban J connectivity index is 2.18. The summed E-state index contributed by atoms with van der Waals surface area (Å²) in [6, 6.07) is 7.04. The van der Waals surface area contributed by atoms with E-state index in [4.69, 9.17) is 9.47 Å². The Morgan fingerprint density at radius 1 is 1.19 bits per heavy atom. The summed E-state index contributed by atoms with van der Waals surface area (Å²) in [7, 11) is 1.32. The first kappa shape index (κ1) is 20.5. The monoisotopic (exact) mass is 383 g/mol. The van der Waals surface area contributed by atoms with Crippen LogP contribution in [0.25, 0.3) is 0 Å². The van der Waals surface area contributed by atoms with Crippen LogP contribution < -0.4 is 9.47 Å². The van der Waals surface area contributed by atoms with Crippen molar-refractivity contribution in [1.82, 2.24) is 4.98 Å². The number of aromatic nitrogens is 1. The molecule has 1 aromatic heterocycles. The molecule has 0 atom stereocenters. The molecule has 0 saturated heterocycles. The predicted molar refractivity (Wildman–Crippen MR) is 91.9 cm³/mol. The highest BCUT2D eigenvalue weighted by Gasteiger charge is 2.30. The maximum absolute atomic E-state index is 12.6. The van der Waals surface area contributed by atoms with E-state index in [0.717, 1.165) is 17.7 Å². The fourth-order valence-corrected chi connectivity index (χ4v) is 2.24. The highest BCUT2D eigenvalue weighted by molar-refractivity contribution is 5.69. The van der Waals surface area contributed by atoms with E-state index in [-0.39, 0.29) is 24.4 Å². The number of ether oxygens (including phenoxy) is 3. The Bertz CT molecular complexity index is 774. The molecule has 0 saturated carbocycles. The van der Waals surface area contributed by atoms with Crippen LogP contribution in [0.1, 0.15) is 31.4 Å². The smallest absolute Gasteiger partial charge is 0.417 e. The number of methoxy groups -OCH3 is 1. The molecule has 5 nitrogen and oxygen atoms in total. The number of hydrogen-bond acceptors (Lipinski definition) is 5. The molecule has 0 aliphatic rings. The Labute approximate surface area is 155 Å². The predicted octanol–water partition coefficient (Wildman–Crippen LogP) is 4.79. The molecule has 0 spiro atoms. The summed E-state index contributed by atoms with van der Waals surface area (Å²) < 4.78 is 53.7. The number of carbonyl (C=O) groups is 1. The molecule has 0 aliphatic carbocycles. The minimum atomic E-state index is -4.45. The van der Waals surface area contributed by atoms with E-state index in [1.165, 1.54) is 7.11 Å². The molecule has 0 bridgehead atoms. The summed E-state index contributed by atoms with van der Waals surface area (Å²) in [4.78, 5) is 15.0. The van der Waals surface area contributed by atoms with Crippen molar-refractivity contribution in [3.63, 3.8) is 0 Å². The number of nitrogens with zero attached hydrogens (tertiary/aromatic N) is 1. The number of aryl methyl sites for hydroxylation is 1. The molecule has 8 heteroatoms. The van der Waals surface area contributed by atoms with Crippen molar-refractivity contribution < 1.29 is 32.2 Å². The zero-order valence-electron chi connectivity index (χ0n) is 15.2. The van der Waals surface area contributed by atoms with Crippen LogP contribution in [-0.2, 0) is 22.1 Å². The van der Waals surface area contributed by atoms with Crippen molar-refractivity contribution in [1.29, 1.82) is 0 Å². The minimum absolute atomic E-state index is 0.0285. The standard InChI is InChI=1S/C19H20F3NO4/c1-12(2)26-16-10-15(7-4-13(16)5-9-18(24)25-3)27-17-8-6-14(11-23-17)19(20,21)22/h4,6-8,10-12H,5,9H2,1-3H3. The molecule has 1 aromatic carbocycles. The lowest BCUT2D eigenvalue weighted by Gasteiger charge is -2.16. The molecular weight excluding hydrogens is 363 g/mol. The summed E-state index contributed by atoms with van der Waals surface area (Å²) in [5, 5.41) is 0. The van der Waals surface area contributed by atoms with Crippen LogP contribution in [0.2, 0.25) is 0 Å². The normalized spacial score (nSPS) is 11.4. The molecule has 0 amide bonds. The highest BCUT2D eigenvalue weighted by atomic mass is 19.4. The summed E-state index contributed by atoms with van der Waals surface area (Å²) in [5.74, 6) is 0.582. The number of esters is 1. The Kier molecular flexibility index (Phi) is 6.65. The lowest BCUT2D eigenvalue weighted by atomic mass is 10.1. The zero-order valence-corrected chi connectivity index (χ0v) is 15.2. The van der Waals surface area contributed by atoms with Gasteiger partial charge in [-0.05, 0) is 38.0 Å². The van der Waals surface area contributed by atoms with E-state index in [0.29, 0.717) is 24.1 Å². The third-order valence-electron chi connectivity index (χ3n) is 3.51. The maximum atomic E-state index is 12.6. The van der Waals surface area contributed by atoms with Crippen LogP contribution >= 0.6 is 0 Å². The molecule has 0 aliphatic heterocycles. The first-order valence-electron chi connectivity index (χ1n) is 8.26. The van der Waals surface area contributed by atoms with Gasteiger partial charge in [-0.3, -0.25) is 4.79 Å². The molecule has 2 rings (SSSR count). The van der Waals surface area contributed by atoms with Crippen LogP contribution in [-0.4, -0.2) is 24.2 Å². The van der Waals surface area contributed by atoms with Gasteiger partial charge in [0.2, 0.25) is 5.88 Å². The third kappa shape index (κ3) is 6.16. The largest absolute Gasteiger partial charge is 0.491 e. The van der Waals surface area contributed by atoms with Crippen LogP contribution in [0.4, 0.5) is 13.2 Å². The summed E-state index contributed by atoms with van der Waals surface area (Å²) in [6.45, 7) is 3.71. The Morgan fingerprint density at radius 3 is 2.48 bits per heavy atom. The fraction of sp³-hybridized carbons (Fsp3) is 0.368. The van der Waals surface area contributed by atoms with E-state index in [9.17, 15) is 18.0 Å². The molecule has 0 fully saturated rings. The van der Waals surface area contributed by atoms with Gasteiger partial charge in [0.15, 0.2) is 0 Å². The van der Waals surface area contributed by atoms with Gasteiger partial charge < -0.3 is 14.2 Å². The topological polar surface area (TPSA) is 57.7 Å². The molecule has 2 aromatic rings. The number of hydrogen-bond donors (Lipinski definition) is 0. The summed E-state index contributed by atoms with van der Waals surface area (Å²) in [5.41, 5.74) is -0.0568. The average Bonchev–Trinajstić information content (AvgIpc) is 2.60. The second-order valence-corrected chi connectivity index (χ2v) is 6.00. The van der Waals surface area contributed by atoms with Crippen LogP contribution in [0.3, 0.4) is 0 Å². The maximum Gasteiger partial charge on any atom is 0.417 e. The average molecular weight is 383 g/mol. The molecule has 0 unspecified atom stereocenters. The lowest BCUT2D eigenvalue weighted by Crippen LogP contribution is -2.09. The van der Waals surface area contributed by atoms with Gasteiger partial charge in [0.1, 0.15) is 11.5 Å². The van der Waals surface area contributed by atoms with Gasteiger partial charge in [-0.1, -0.05) is 6.07 Å². The van der Waals surface area contributed by atoms with Crippen molar-refractivity contribution in [3.8, 4) is 17.4 Å². The Morgan fingerprint density at radius 2 is 1.93 bits per heavy atom. The molecule has 0 N–H and O–H groups in total. The summed E-state index contributed by atoms with van der Waals surface area (Å²) >= 11 is 0. The first-order chi connectivity index (χ1) is 12.7. The van der Waals surface area contributed by atoms with Gasteiger partial charge >= 0.3 is 12.1 Å². The van der Waals surface area contributed by atoms with E-state index < -0.39 is 11.7 Å². The number of benzene rings is 1. The van der Waals surface area contributed by atoms with E-state index in [2.05, 4.69) is 9.72 Å². The van der Waals surface area contributed by atoms with Crippen LogP contribution in [0.15, 0.2) is 36.5 Å². The quantitative estimate of drug-likeness (QED) is 0.644. The van der Waals surface area contributed by atoms with Gasteiger partial charge in [-0.2, -0.15) is 13.2 Å². The summed E-state index contributed by atoms with van der Waals surface area (Å²) in [6.07, 6.45) is -3.23. The van der Waals surface area contributed by atoms with Gasteiger partial charge in [-0.15, -0.1) is 0 Å². The lowest BCUT2D eigenvalue weighted by molar-refractivity contribution is -0.140. The van der Waals surface area contributed by atoms with E-state index >= 15 is 0 Å². The van der Waals surface area contributed by atoms with Crippen LogP contribution in [0, 0.1) is 0 Å². The third-order valence-corrected chi connectivity index (χ3v) is 3.51. The molecule has 146 valence electrons. The first-order valence-corrected chi connectivity index (χ1v) is 8.26. The molecular formula is C19H20F3NO4. The Hall–Kier alpha value is -2.77. The number of rotatable bonds is 7. The molecule has 1 heterocycles. The van der Waals surface area contributed by atoms with Crippen molar-refractivity contribution in [2.75, 3.05) is 7.11 Å². The fourth-order valence-electron chi connectivity index (χ4n) is 2.24. The second kappa shape index (κ2) is 8.75. The van der Waals surface area contributed by atoms with Crippen molar-refractivity contribution in [2.45, 2.75) is 39.0 Å². The number of alkyl halides is 3. The zero-order chi connectivity index (χ0) is 20.0. The molecule has 0 radical (unpaired) electrons. The van der Waals surface area contributed by atoms with Crippen molar-refractivity contribution >= 4 is 5.97 Å². The van der Waals surface area contributed by atoms with Gasteiger partial charge in [0, 0.05) is 24.8 Å². The number of pyridine rings is 1. The van der Waals surface area contributed by atoms with E-state index in [1.807, 2.05) is 13.8 Å². The second-order valence-electron chi connectivity index (χ2n) is 6.00. The molecule has 27 heavy (non-hydrogen) atoms. The van der Waals surface area contributed by atoms with Crippen molar-refractivity contribution in [3.05, 3.63) is 47.7 Å². The van der Waals surface area contributed by atoms with E-state index in [1.54, 1.807) is 18.2 Å². The van der Waals surface area contributed by atoms with Crippen LogP contribution in [0.5, 0.6) is 17.4 Å². The SMILES string of the molecule is COC(=O)CCc1ccc(Oc2ccc(C(F)(F)F)cn2)cc1OC(C)C. The number of halogens is 3. The minimum Gasteiger partial charge on any atom is -0.491 e.